The molecular weight excluding hydrogens is 248 g/mol. The van der Waals surface area contributed by atoms with E-state index in [1.165, 1.54) is 6.07 Å². The summed E-state index contributed by atoms with van der Waals surface area (Å²) >= 11 is 0. The number of benzene rings is 1. The molecule has 0 radical (unpaired) electrons. The van der Waals surface area contributed by atoms with Gasteiger partial charge in [0.1, 0.15) is 0 Å². The third kappa shape index (κ3) is 5.13. The molecule has 0 spiro atoms. The lowest BCUT2D eigenvalue weighted by Gasteiger charge is -2.09. The summed E-state index contributed by atoms with van der Waals surface area (Å²) < 4.78 is 10.2. The van der Waals surface area contributed by atoms with Crippen molar-refractivity contribution < 1.29 is 14.4 Å². The number of unbranched alkanes of at least 4 members (excludes halogenated alkanes) is 1. The van der Waals surface area contributed by atoms with Crippen LogP contribution in [0.5, 0.6) is 5.75 Å². The van der Waals surface area contributed by atoms with E-state index in [-0.39, 0.29) is 5.69 Å². The van der Waals surface area contributed by atoms with E-state index in [4.69, 9.17) is 9.47 Å². The summed E-state index contributed by atoms with van der Waals surface area (Å²) in [5.41, 5.74) is 0.818. The van der Waals surface area contributed by atoms with Crippen LogP contribution in [-0.2, 0) is 4.74 Å². The first-order chi connectivity index (χ1) is 9.19. The molecule has 0 aliphatic carbocycles. The minimum atomic E-state index is -0.437. The Morgan fingerprint density at radius 1 is 1.37 bits per heavy atom. The van der Waals surface area contributed by atoms with Gasteiger partial charge in [-0.3, -0.25) is 10.1 Å². The highest BCUT2D eigenvalue weighted by Crippen LogP contribution is 2.30. The molecule has 1 N–H and O–H groups in total. The van der Waals surface area contributed by atoms with Gasteiger partial charge in [0.2, 0.25) is 0 Å². The van der Waals surface area contributed by atoms with E-state index >= 15 is 0 Å². The minimum absolute atomic E-state index is 0.00761. The molecule has 0 atom stereocenters. The van der Waals surface area contributed by atoms with Crippen molar-refractivity contribution in [2.45, 2.75) is 19.8 Å². The summed E-state index contributed by atoms with van der Waals surface area (Å²) in [6.07, 6.45) is 1.96. The lowest BCUT2D eigenvalue weighted by atomic mass is 10.2. The van der Waals surface area contributed by atoms with Crippen molar-refractivity contribution in [2.24, 2.45) is 0 Å². The van der Waals surface area contributed by atoms with Crippen LogP contribution < -0.4 is 10.1 Å². The molecule has 0 saturated heterocycles. The number of ether oxygens (including phenoxy) is 2. The first-order valence-corrected chi connectivity index (χ1v) is 6.33. The van der Waals surface area contributed by atoms with Crippen LogP contribution in [0.3, 0.4) is 0 Å². The van der Waals surface area contributed by atoms with Crippen LogP contribution in [-0.4, -0.2) is 31.8 Å². The van der Waals surface area contributed by atoms with E-state index in [0.717, 1.165) is 31.7 Å². The predicted molar refractivity (Wildman–Crippen MR) is 73.9 cm³/mol. The van der Waals surface area contributed by atoms with Crippen molar-refractivity contribution in [1.29, 1.82) is 0 Å². The Kier molecular flexibility index (Phi) is 6.67. The van der Waals surface area contributed by atoms with Crippen molar-refractivity contribution in [3.63, 3.8) is 0 Å². The summed E-state index contributed by atoms with van der Waals surface area (Å²) in [6, 6.07) is 4.82. The van der Waals surface area contributed by atoms with Gasteiger partial charge in [0.25, 0.3) is 0 Å². The fourth-order valence-corrected chi connectivity index (χ4v) is 1.65. The Balaban J connectivity index is 2.59. The Bertz CT molecular complexity index is 410. The van der Waals surface area contributed by atoms with Gasteiger partial charge >= 0.3 is 5.69 Å². The highest BCUT2D eigenvalue weighted by atomic mass is 16.6. The summed E-state index contributed by atoms with van der Waals surface area (Å²) in [5.74, 6) is 0.300. The normalized spacial score (nSPS) is 10.2. The molecule has 0 saturated carbocycles. The van der Waals surface area contributed by atoms with Crippen molar-refractivity contribution in [3.8, 4) is 5.75 Å². The van der Waals surface area contributed by atoms with Gasteiger partial charge in [-0.1, -0.05) is 0 Å². The van der Waals surface area contributed by atoms with Crippen molar-refractivity contribution in [2.75, 3.05) is 32.2 Å². The van der Waals surface area contributed by atoms with E-state index in [2.05, 4.69) is 5.32 Å². The fraction of sp³-hybridized carbons (Fsp3) is 0.538. The maximum absolute atomic E-state index is 10.8. The van der Waals surface area contributed by atoms with E-state index in [1.54, 1.807) is 26.2 Å². The van der Waals surface area contributed by atoms with Crippen LogP contribution in [0.25, 0.3) is 0 Å². The number of hydrogen-bond donors (Lipinski definition) is 1. The predicted octanol–water partition coefficient (Wildman–Crippen LogP) is 2.83. The molecule has 0 bridgehead atoms. The SMILES string of the molecule is CCOc1cc(NCCCCOC)ccc1[N+](=O)[O-]. The lowest BCUT2D eigenvalue weighted by Crippen LogP contribution is -2.04. The van der Waals surface area contributed by atoms with Gasteiger partial charge < -0.3 is 14.8 Å². The van der Waals surface area contributed by atoms with Crippen LogP contribution >= 0.6 is 0 Å². The summed E-state index contributed by atoms with van der Waals surface area (Å²) in [7, 11) is 1.68. The van der Waals surface area contributed by atoms with Crippen LogP contribution in [0.15, 0.2) is 18.2 Å². The highest BCUT2D eigenvalue weighted by Gasteiger charge is 2.14. The average Bonchev–Trinajstić information content (AvgIpc) is 2.39. The third-order valence-electron chi connectivity index (χ3n) is 2.56. The largest absolute Gasteiger partial charge is 0.487 e. The summed E-state index contributed by atoms with van der Waals surface area (Å²) in [4.78, 5) is 10.4. The van der Waals surface area contributed by atoms with Crippen LogP contribution in [0, 0.1) is 10.1 Å². The van der Waals surface area contributed by atoms with Gasteiger partial charge in [-0.2, -0.15) is 0 Å². The fourth-order valence-electron chi connectivity index (χ4n) is 1.65. The molecule has 0 heterocycles. The average molecular weight is 268 g/mol. The first-order valence-electron chi connectivity index (χ1n) is 6.33. The Morgan fingerprint density at radius 3 is 2.79 bits per heavy atom. The standard InChI is InChI=1S/C13H20N2O4/c1-3-19-13-10-11(6-7-12(13)15(16)17)14-8-4-5-9-18-2/h6-7,10,14H,3-5,8-9H2,1-2H3. The molecule has 0 fully saturated rings. The van der Waals surface area contributed by atoms with Crippen molar-refractivity contribution in [3.05, 3.63) is 28.3 Å². The smallest absolute Gasteiger partial charge is 0.311 e. The zero-order valence-corrected chi connectivity index (χ0v) is 11.3. The Hall–Kier alpha value is -1.82. The number of nitro groups is 1. The van der Waals surface area contributed by atoms with Crippen LogP contribution in [0.4, 0.5) is 11.4 Å². The molecule has 0 aromatic heterocycles. The zero-order valence-electron chi connectivity index (χ0n) is 11.3. The monoisotopic (exact) mass is 268 g/mol. The molecule has 0 aliphatic heterocycles. The number of methoxy groups -OCH3 is 1. The molecule has 6 heteroatoms. The molecule has 0 aliphatic rings. The lowest BCUT2D eigenvalue weighted by molar-refractivity contribution is -0.385. The number of anilines is 1. The Labute approximate surface area is 112 Å². The van der Waals surface area contributed by atoms with Gasteiger partial charge in [0.05, 0.1) is 11.5 Å². The molecule has 6 nitrogen and oxygen atoms in total. The summed E-state index contributed by atoms with van der Waals surface area (Å²) in [5, 5.41) is 14.0. The highest BCUT2D eigenvalue weighted by molar-refractivity contribution is 5.57. The second-order valence-corrected chi connectivity index (χ2v) is 4.00. The number of nitrogens with one attached hydrogen (secondary N) is 1. The summed E-state index contributed by atoms with van der Waals surface area (Å²) in [6.45, 7) is 3.74. The molecule has 106 valence electrons. The second-order valence-electron chi connectivity index (χ2n) is 4.00. The van der Waals surface area contributed by atoms with Crippen molar-refractivity contribution >= 4 is 11.4 Å². The number of nitro benzene ring substituents is 1. The van der Waals surface area contributed by atoms with Crippen LogP contribution in [0.2, 0.25) is 0 Å². The van der Waals surface area contributed by atoms with Crippen molar-refractivity contribution in [1.82, 2.24) is 0 Å². The third-order valence-corrected chi connectivity index (χ3v) is 2.56. The van der Waals surface area contributed by atoms with E-state index < -0.39 is 4.92 Å². The maximum Gasteiger partial charge on any atom is 0.311 e. The topological polar surface area (TPSA) is 73.6 Å². The first kappa shape index (κ1) is 15.2. The minimum Gasteiger partial charge on any atom is -0.487 e. The van der Waals surface area contributed by atoms with Gasteiger partial charge in [0.15, 0.2) is 5.75 Å². The van der Waals surface area contributed by atoms with Gasteiger partial charge in [-0.05, 0) is 25.8 Å². The van der Waals surface area contributed by atoms with Crippen LogP contribution in [0.1, 0.15) is 19.8 Å². The van der Waals surface area contributed by atoms with Gasteiger partial charge in [0, 0.05) is 38.1 Å². The molecule has 1 rings (SSSR count). The molecule has 1 aromatic carbocycles. The van der Waals surface area contributed by atoms with E-state index in [9.17, 15) is 10.1 Å². The molecule has 19 heavy (non-hydrogen) atoms. The van der Waals surface area contributed by atoms with Gasteiger partial charge in [-0.15, -0.1) is 0 Å². The number of hydrogen-bond acceptors (Lipinski definition) is 5. The number of rotatable bonds is 9. The molecule has 1 aromatic rings. The zero-order chi connectivity index (χ0) is 14.1. The van der Waals surface area contributed by atoms with E-state index in [0.29, 0.717) is 12.4 Å². The molecule has 0 unspecified atom stereocenters. The molecular formula is C13H20N2O4. The quantitative estimate of drug-likeness (QED) is 0.423. The number of nitrogens with zero attached hydrogens (tertiary/aromatic N) is 1. The Morgan fingerprint density at radius 2 is 2.16 bits per heavy atom. The maximum atomic E-state index is 10.8. The molecule has 0 amide bonds. The van der Waals surface area contributed by atoms with E-state index in [1.807, 2.05) is 0 Å². The van der Waals surface area contributed by atoms with Gasteiger partial charge in [-0.25, -0.2) is 0 Å². The second kappa shape index (κ2) is 8.31.